The standard InChI is InChI=1S/C18H20N6O3S/c1-11-15(12(2)27-23-11)8-16(25)20-21-17(26)14-6-4-13(5-7-14)9-28-18-22-19-10-24(18)3/h4-7,10H,8-9H2,1-3H3,(H,20,25)(H,21,26). The van der Waals surface area contributed by atoms with E-state index in [2.05, 4.69) is 26.2 Å². The predicted molar refractivity (Wildman–Crippen MR) is 102 cm³/mol. The number of rotatable bonds is 6. The molecule has 3 aromatic rings. The maximum Gasteiger partial charge on any atom is 0.269 e. The van der Waals surface area contributed by atoms with Gasteiger partial charge in [-0.25, -0.2) is 0 Å². The average Bonchev–Trinajstić information content (AvgIpc) is 3.24. The van der Waals surface area contributed by atoms with Crippen molar-refractivity contribution in [3.8, 4) is 0 Å². The zero-order valence-corrected chi connectivity index (χ0v) is 16.5. The molecule has 0 aliphatic carbocycles. The lowest BCUT2D eigenvalue weighted by molar-refractivity contribution is -0.121. The monoisotopic (exact) mass is 400 g/mol. The Morgan fingerprint density at radius 1 is 1.18 bits per heavy atom. The largest absolute Gasteiger partial charge is 0.361 e. The molecule has 9 nitrogen and oxygen atoms in total. The number of nitrogens with one attached hydrogen (secondary N) is 2. The topological polar surface area (TPSA) is 115 Å². The summed E-state index contributed by atoms with van der Waals surface area (Å²) < 4.78 is 6.87. The van der Waals surface area contributed by atoms with Gasteiger partial charge in [-0.2, -0.15) is 0 Å². The van der Waals surface area contributed by atoms with Gasteiger partial charge >= 0.3 is 0 Å². The van der Waals surface area contributed by atoms with Crippen molar-refractivity contribution in [2.24, 2.45) is 7.05 Å². The van der Waals surface area contributed by atoms with Crippen LogP contribution in [-0.4, -0.2) is 31.7 Å². The molecular weight excluding hydrogens is 380 g/mol. The lowest BCUT2D eigenvalue weighted by Crippen LogP contribution is -2.42. The summed E-state index contributed by atoms with van der Waals surface area (Å²) in [6.07, 6.45) is 1.73. The fourth-order valence-electron chi connectivity index (χ4n) is 2.46. The Morgan fingerprint density at radius 3 is 2.54 bits per heavy atom. The molecule has 2 aromatic heterocycles. The molecule has 0 saturated heterocycles. The highest BCUT2D eigenvalue weighted by Crippen LogP contribution is 2.20. The van der Waals surface area contributed by atoms with E-state index in [1.807, 2.05) is 23.7 Å². The highest BCUT2D eigenvalue weighted by Gasteiger charge is 2.14. The molecule has 0 fully saturated rings. The maximum absolute atomic E-state index is 12.2. The zero-order chi connectivity index (χ0) is 20.1. The molecule has 2 N–H and O–H groups in total. The van der Waals surface area contributed by atoms with Crippen LogP contribution in [0, 0.1) is 13.8 Å². The number of benzene rings is 1. The molecule has 1 aromatic carbocycles. The van der Waals surface area contributed by atoms with Crippen LogP contribution in [0.4, 0.5) is 0 Å². The van der Waals surface area contributed by atoms with E-state index >= 15 is 0 Å². The summed E-state index contributed by atoms with van der Waals surface area (Å²) in [4.78, 5) is 24.2. The number of hydrogen-bond acceptors (Lipinski definition) is 7. The van der Waals surface area contributed by atoms with Crippen molar-refractivity contribution in [2.75, 3.05) is 0 Å². The molecule has 0 saturated carbocycles. The van der Waals surface area contributed by atoms with Gasteiger partial charge in [0.2, 0.25) is 5.91 Å². The van der Waals surface area contributed by atoms with Crippen molar-refractivity contribution >= 4 is 23.6 Å². The number of nitrogens with zero attached hydrogens (tertiary/aromatic N) is 4. The summed E-state index contributed by atoms with van der Waals surface area (Å²) in [7, 11) is 1.88. The van der Waals surface area contributed by atoms with Gasteiger partial charge in [-0.1, -0.05) is 29.1 Å². The fourth-order valence-corrected chi connectivity index (χ4v) is 3.31. The Balaban J connectivity index is 1.49. The molecule has 10 heteroatoms. The van der Waals surface area contributed by atoms with Gasteiger partial charge in [0.15, 0.2) is 5.16 Å². The normalized spacial score (nSPS) is 10.7. The molecule has 0 bridgehead atoms. The van der Waals surface area contributed by atoms with Crippen molar-refractivity contribution in [3.05, 3.63) is 58.7 Å². The molecule has 0 atom stereocenters. The summed E-state index contributed by atoms with van der Waals surface area (Å²) in [6.45, 7) is 3.51. The second-order valence-electron chi connectivity index (χ2n) is 6.19. The van der Waals surface area contributed by atoms with Crippen LogP contribution in [0.5, 0.6) is 0 Å². The average molecular weight is 400 g/mol. The quantitative estimate of drug-likeness (QED) is 0.478. The van der Waals surface area contributed by atoms with Crippen LogP contribution >= 0.6 is 11.8 Å². The SMILES string of the molecule is Cc1noc(C)c1CC(=O)NNC(=O)c1ccc(CSc2nncn2C)cc1. The van der Waals surface area contributed by atoms with E-state index in [9.17, 15) is 9.59 Å². The number of carbonyl (C=O) groups is 2. The highest BCUT2D eigenvalue weighted by molar-refractivity contribution is 7.98. The molecule has 146 valence electrons. The number of hydrogen-bond donors (Lipinski definition) is 2. The minimum absolute atomic E-state index is 0.0830. The minimum Gasteiger partial charge on any atom is -0.361 e. The van der Waals surface area contributed by atoms with Gasteiger partial charge in [-0.15, -0.1) is 10.2 Å². The van der Waals surface area contributed by atoms with E-state index < -0.39 is 0 Å². The van der Waals surface area contributed by atoms with Gasteiger partial charge in [0.05, 0.1) is 12.1 Å². The van der Waals surface area contributed by atoms with Gasteiger partial charge < -0.3 is 9.09 Å². The van der Waals surface area contributed by atoms with Crippen LogP contribution in [0.1, 0.15) is 32.9 Å². The molecule has 3 rings (SSSR count). The highest BCUT2D eigenvalue weighted by atomic mass is 32.2. The maximum atomic E-state index is 12.2. The first-order valence-corrected chi connectivity index (χ1v) is 9.49. The first kappa shape index (κ1) is 19.6. The van der Waals surface area contributed by atoms with Crippen molar-refractivity contribution in [2.45, 2.75) is 31.2 Å². The molecule has 0 spiro atoms. The lowest BCUT2D eigenvalue weighted by Gasteiger charge is -2.08. The summed E-state index contributed by atoms with van der Waals surface area (Å²) >= 11 is 1.56. The van der Waals surface area contributed by atoms with Crippen molar-refractivity contribution in [1.29, 1.82) is 0 Å². The van der Waals surface area contributed by atoms with Crippen LogP contribution in [0.15, 0.2) is 40.3 Å². The Labute approximate surface area is 165 Å². The van der Waals surface area contributed by atoms with Crippen molar-refractivity contribution in [3.63, 3.8) is 0 Å². The third-order valence-corrected chi connectivity index (χ3v) is 5.19. The second-order valence-corrected chi connectivity index (χ2v) is 7.13. The number of hydrazine groups is 1. The van der Waals surface area contributed by atoms with Crippen LogP contribution in [0.3, 0.4) is 0 Å². The van der Waals surface area contributed by atoms with Crippen LogP contribution in [-0.2, 0) is 24.0 Å². The number of aromatic nitrogens is 4. The molecule has 28 heavy (non-hydrogen) atoms. The second kappa shape index (κ2) is 8.70. The smallest absolute Gasteiger partial charge is 0.269 e. The van der Waals surface area contributed by atoms with Gasteiger partial charge in [0.1, 0.15) is 12.1 Å². The van der Waals surface area contributed by atoms with E-state index in [1.54, 1.807) is 44.1 Å². The van der Waals surface area contributed by atoms with E-state index in [4.69, 9.17) is 4.52 Å². The summed E-state index contributed by atoms with van der Waals surface area (Å²) in [5.41, 5.74) is 7.70. The van der Waals surface area contributed by atoms with E-state index in [-0.39, 0.29) is 18.2 Å². The predicted octanol–water partition coefficient (Wildman–Crippen LogP) is 1.72. The molecule has 2 amide bonds. The summed E-state index contributed by atoms with van der Waals surface area (Å²) in [5.74, 6) is 0.565. The number of carbonyl (C=O) groups excluding carboxylic acids is 2. The van der Waals surface area contributed by atoms with Crippen molar-refractivity contribution < 1.29 is 14.1 Å². The minimum atomic E-state index is -0.389. The summed E-state index contributed by atoms with van der Waals surface area (Å²) in [6, 6.07) is 7.15. The van der Waals surface area contributed by atoms with Crippen LogP contribution in [0.2, 0.25) is 0 Å². The molecule has 0 aliphatic rings. The van der Waals surface area contributed by atoms with Gasteiger partial charge in [0.25, 0.3) is 5.91 Å². The zero-order valence-electron chi connectivity index (χ0n) is 15.7. The molecular formula is C18H20N6O3S. The summed E-state index contributed by atoms with van der Waals surface area (Å²) in [5, 5.41) is 12.5. The van der Waals surface area contributed by atoms with E-state index in [0.717, 1.165) is 16.3 Å². The molecule has 0 radical (unpaired) electrons. The van der Waals surface area contributed by atoms with Crippen molar-refractivity contribution in [1.82, 2.24) is 30.8 Å². The molecule has 0 unspecified atom stereocenters. The molecule has 2 heterocycles. The number of thioether (sulfide) groups is 1. The third-order valence-electron chi connectivity index (χ3n) is 4.09. The van der Waals surface area contributed by atoms with Gasteiger partial charge in [-0.3, -0.25) is 20.4 Å². The third kappa shape index (κ3) is 4.77. The van der Waals surface area contributed by atoms with Gasteiger partial charge in [-0.05, 0) is 31.5 Å². The Morgan fingerprint density at radius 2 is 1.93 bits per heavy atom. The first-order chi connectivity index (χ1) is 13.4. The fraction of sp³-hybridized carbons (Fsp3) is 0.278. The lowest BCUT2D eigenvalue weighted by atomic mass is 10.1. The van der Waals surface area contributed by atoms with Gasteiger partial charge in [0, 0.05) is 23.9 Å². The van der Waals surface area contributed by atoms with E-state index in [0.29, 0.717) is 22.8 Å². The van der Waals surface area contributed by atoms with Crippen LogP contribution < -0.4 is 10.9 Å². The first-order valence-electron chi connectivity index (χ1n) is 8.50. The Kier molecular flexibility index (Phi) is 6.09. The van der Waals surface area contributed by atoms with E-state index in [1.165, 1.54) is 0 Å². The Bertz CT molecular complexity index is 960. The van der Waals surface area contributed by atoms with Crippen LogP contribution in [0.25, 0.3) is 0 Å². The Hall–Kier alpha value is -3.14. The number of amides is 2. The molecule has 0 aliphatic heterocycles. The number of aryl methyl sites for hydroxylation is 3.